The molecule has 0 radical (unpaired) electrons. The summed E-state index contributed by atoms with van der Waals surface area (Å²) in [5.74, 6) is 0. The van der Waals surface area contributed by atoms with Crippen LogP contribution in [0.5, 0.6) is 0 Å². The number of hydrogen-bond acceptors (Lipinski definition) is 4. The number of benzene rings is 2. The molecule has 0 unspecified atom stereocenters. The smallest absolute Gasteiger partial charge is 0.269 e. The second-order valence-corrected chi connectivity index (χ2v) is 3.62. The Morgan fingerprint density at radius 2 is 1.56 bits per heavy atom. The summed E-state index contributed by atoms with van der Waals surface area (Å²) in [7, 11) is 0. The summed E-state index contributed by atoms with van der Waals surface area (Å²) in [4.78, 5) is 10.1. The first-order chi connectivity index (χ1) is 8.72. The Hall–Kier alpha value is -2.69. The molecule has 5 nitrogen and oxygen atoms in total. The van der Waals surface area contributed by atoms with Crippen molar-refractivity contribution in [2.75, 3.05) is 0 Å². The molecule has 1 N–H and O–H groups in total. The van der Waals surface area contributed by atoms with Crippen molar-refractivity contribution in [1.29, 1.82) is 0 Å². The van der Waals surface area contributed by atoms with E-state index in [-0.39, 0.29) is 5.69 Å². The molecule has 0 fully saturated rings. The zero-order valence-electron chi connectivity index (χ0n) is 9.35. The van der Waals surface area contributed by atoms with E-state index in [4.69, 9.17) is 5.21 Å². The molecule has 2 aromatic carbocycles. The van der Waals surface area contributed by atoms with E-state index in [1.165, 1.54) is 12.1 Å². The second-order valence-electron chi connectivity index (χ2n) is 3.62. The highest BCUT2D eigenvalue weighted by Crippen LogP contribution is 2.15. The average Bonchev–Trinajstić information content (AvgIpc) is 2.41. The van der Waals surface area contributed by atoms with E-state index in [9.17, 15) is 10.1 Å². The van der Waals surface area contributed by atoms with Gasteiger partial charge in [0.25, 0.3) is 5.69 Å². The molecule has 0 saturated carbocycles. The van der Waals surface area contributed by atoms with E-state index in [0.717, 1.165) is 5.56 Å². The number of nitro benzene ring substituents is 1. The van der Waals surface area contributed by atoms with E-state index in [1.807, 2.05) is 18.2 Å². The van der Waals surface area contributed by atoms with Crippen molar-refractivity contribution in [3.63, 3.8) is 0 Å². The molecule has 0 heterocycles. The molecule has 0 bridgehead atoms. The van der Waals surface area contributed by atoms with Crippen molar-refractivity contribution in [1.82, 2.24) is 0 Å². The van der Waals surface area contributed by atoms with Gasteiger partial charge in [-0.05, 0) is 12.1 Å². The monoisotopic (exact) mass is 242 g/mol. The minimum Gasteiger partial charge on any atom is -0.410 e. The van der Waals surface area contributed by atoms with Gasteiger partial charge in [-0.15, -0.1) is 0 Å². The molecule has 0 aliphatic rings. The summed E-state index contributed by atoms with van der Waals surface area (Å²) in [6.07, 6.45) is 0. The summed E-state index contributed by atoms with van der Waals surface area (Å²) in [6.45, 7) is 0. The number of oxime groups is 1. The molecule has 2 aromatic rings. The van der Waals surface area contributed by atoms with Crippen molar-refractivity contribution in [2.45, 2.75) is 0 Å². The molecule has 0 aliphatic heterocycles. The topological polar surface area (TPSA) is 75.7 Å². The van der Waals surface area contributed by atoms with Crippen LogP contribution >= 0.6 is 0 Å². The third-order valence-corrected chi connectivity index (χ3v) is 2.50. The van der Waals surface area contributed by atoms with Crippen LogP contribution in [0.3, 0.4) is 0 Å². The summed E-state index contributed by atoms with van der Waals surface area (Å²) in [5, 5.41) is 22.9. The zero-order valence-corrected chi connectivity index (χ0v) is 9.35. The molecule has 0 atom stereocenters. The maximum atomic E-state index is 10.5. The highest BCUT2D eigenvalue weighted by atomic mass is 16.6. The Bertz CT molecular complexity index is 577. The van der Waals surface area contributed by atoms with E-state index in [2.05, 4.69) is 5.16 Å². The standard InChI is InChI=1S/C13H10N2O3/c16-14-13(10-4-2-1-3-5-10)11-6-8-12(9-7-11)15(17)18/h1-9,16H/b14-13-. The predicted octanol–water partition coefficient (Wildman–Crippen LogP) is 2.82. The molecule has 0 spiro atoms. The lowest BCUT2D eigenvalue weighted by atomic mass is 10.0. The van der Waals surface area contributed by atoms with E-state index in [1.54, 1.807) is 24.3 Å². The Morgan fingerprint density at radius 1 is 1.00 bits per heavy atom. The maximum Gasteiger partial charge on any atom is 0.269 e. The van der Waals surface area contributed by atoms with Gasteiger partial charge in [0.15, 0.2) is 0 Å². The van der Waals surface area contributed by atoms with Crippen LogP contribution in [0.1, 0.15) is 11.1 Å². The third kappa shape index (κ3) is 2.35. The van der Waals surface area contributed by atoms with Crippen LogP contribution in [-0.2, 0) is 0 Å². The molecule has 2 rings (SSSR count). The van der Waals surface area contributed by atoms with Crippen molar-refractivity contribution in [3.05, 3.63) is 75.8 Å². The van der Waals surface area contributed by atoms with E-state index < -0.39 is 4.92 Å². The van der Waals surface area contributed by atoms with Crippen LogP contribution in [0.15, 0.2) is 59.8 Å². The van der Waals surface area contributed by atoms with Gasteiger partial charge in [-0.25, -0.2) is 0 Å². The molecule has 18 heavy (non-hydrogen) atoms. The number of nitrogens with zero attached hydrogens (tertiary/aromatic N) is 2. The first-order valence-electron chi connectivity index (χ1n) is 5.24. The van der Waals surface area contributed by atoms with E-state index >= 15 is 0 Å². The summed E-state index contributed by atoms with van der Waals surface area (Å²) >= 11 is 0. The Morgan fingerprint density at radius 3 is 2.06 bits per heavy atom. The van der Waals surface area contributed by atoms with Gasteiger partial charge in [0.2, 0.25) is 0 Å². The first kappa shape index (κ1) is 11.8. The maximum absolute atomic E-state index is 10.5. The van der Waals surface area contributed by atoms with Crippen LogP contribution < -0.4 is 0 Å². The van der Waals surface area contributed by atoms with E-state index in [0.29, 0.717) is 11.3 Å². The van der Waals surface area contributed by atoms with Crippen LogP contribution in [0, 0.1) is 10.1 Å². The second kappa shape index (κ2) is 5.09. The van der Waals surface area contributed by atoms with Crippen LogP contribution in [0.4, 0.5) is 5.69 Å². The quantitative estimate of drug-likeness (QED) is 0.389. The van der Waals surface area contributed by atoms with Crippen LogP contribution in [0.25, 0.3) is 0 Å². The number of hydrogen-bond donors (Lipinski definition) is 1. The lowest BCUT2D eigenvalue weighted by molar-refractivity contribution is -0.384. The summed E-state index contributed by atoms with van der Waals surface area (Å²) < 4.78 is 0. The Labute approximate surface area is 103 Å². The molecule has 0 amide bonds. The van der Waals surface area contributed by atoms with Crippen molar-refractivity contribution >= 4 is 11.4 Å². The number of nitro groups is 1. The third-order valence-electron chi connectivity index (χ3n) is 2.50. The van der Waals surface area contributed by atoms with Gasteiger partial charge in [0, 0.05) is 23.3 Å². The minimum atomic E-state index is -0.470. The molecule has 90 valence electrons. The van der Waals surface area contributed by atoms with Crippen LogP contribution in [0.2, 0.25) is 0 Å². The Balaban J connectivity index is 2.38. The van der Waals surface area contributed by atoms with Crippen molar-refractivity contribution < 1.29 is 10.1 Å². The molecule has 5 heteroatoms. The minimum absolute atomic E-state index is 0.00380. The van der Waals surface area contributed by atoms with Gasteiger partial charge in [0.1, 0.15) is 5.71 Å². The largest absolute Gasteiger partial charge is 0.410 e. The summed E-state index contributed by atoms with van der Waals surface area (Å²) in [6, 6.07) is 15.0. The first-order valence-corrected chi connectivity index (χ1v) is 5.24. The fourth-order valence-corrected chi connectivity index (χ4v) is 1.62. The molecular formula is C13H10N2O3. The zero-order chi connectivity index (χ0) is 13.0. The normalized spacial score (nSPS) is 11.2. The highest BCUT2D eigenvalue weighted by molar-refractivity contribution is 6.12. The lowest BCUT2D eigenvalue weighted by Gasteiger charge is -2.04. The fourth-order valence-electron chi connectivity index (χ4n) is 1.62. The van der Waals surface area contributed by atoms with Gasteiger partial charge in [0.05, 0.1) is 4.92 Å². The Kier molecular flexibility index (Phi) is 3.33. The lowest BCUT2D eigenvalue weighted by Crippen LogP contribution is -2.03. The van der Waals surface area contributed by atoms with Gasteiger partial charge in [-0.1, -0.05) is 35.5 Å². The molecule has 0 aromatic heterocycles. The van der Waals surface area contributed by atoms with Crippen molar-refractivity contribution in [2.24, 2.45) is 5.16 Å². The fraction of sp³-hybridized carbons (Fsp3) is 0. The number of rotatable bonds is 3. The number of non-ortho nitro benzene ring substituents is 1. The predicted molar refractivity (Wildman–Crippen MR) is 67.0 cm³/mol. The average molecular weight is 242 g/mol. The van der Waals surface area contributed by atoms with Gasteiger partial charge >= 0.3 is 0 Å². The van der Waals surface area contributed by atoms with Gasteiger partial charge in [-0.2, -0.15) is 0 Å². The van der Waals surface area contributed by atoms with Crippen molar-refractivity contribution in [3.8, 4) is 0 Å². The SMILES string of the molecule is O=[N+]([O-])c1ccc(/C(=N\O)c2ccccc2)cc1. The van der Waals surface area contributed by atoms with Crippen LogP contribution in [-0.4, -0.2) is 15.8 Å². The van der Waals surface area contributed by atoms with Gasteiger partial charge in [-0.3, -0.25) is 10.1 Å². The highest BCUT2D eigenvalue weighted by Gasteiger charge is 2.10. The summed E-state index contributed by atoms with van der Waals surface area (Å²) in [5.41, 5.74) is 1.75. The molecule has 0 saturated heterocycles. The molecule has 0 aliphatic carbocycles. The van der Waals surface area contributed by atoms with Gasteiger partial charge < -0.3 is 5.21 Å². The molecular weight excluding hydrogens is 232 g/mol.